The van der Waals surface area contributed by atoms with Gasteiger partial charge in [-0.15, -0.1) is 10.2 Å². The summed E-state index contributed by atoms with van der Waals surface area (Å²) < 4.78 is 7.49. The van der Waals surface area contributed by atoms with Crippen molar-refractivity contribution >= 4 is 17.7 Å². The second kappa shape index (κ2) is 7.87. The first-order valence-electron chi connectivity index (χ1n) is 9.01. The van der Waals surface area contributed by atoms with Crippen LogP contribution < -0.4 is 0 Å². The van der Waals surface area contributed by atoms with Gasteiger partial charge in [0.05, 0.1) is 12.1 Å². The van der Waals surface area contributed by atoms with E-state index in [0.717, 1.165) is 61.8 Å². The monoisotopic (exact) mass is 352 g/mol. The number of amides is 1. The van der Waals surface area contributed by atoms with E-state index in [4.69, 9.17) is 4.74 Å². The molecule has 0 radical (unpaired) electrons. The second-order valence-electron chi connectivity index (χ2n) is 6.73. The number of carbonyl (C=O) groups excluding carboxylic acids is 1. The molecule has 24 heavy (non-hydrogen) atoms. The molecule has 1 amide bonds. The summed E-state index contributed by atoms with van der Waals surface area (Å²) in [4.78, 5) is 15.1. The number of aromatic nitrogens is 3. The quantitative estimate of drug-likeness (QED) is 0.763. The van der Waals surface area contributed by atoms with E-state index < -0.39 is 0 Å². The molecule has 1 aliphatic carbocycles. The van der Waals surface area contributed by atoms with Crippen LogP contribution >= 0.6 is 11.8 Å². The Hall–Kier alpha value is -1.08. The summed E-state index contributed by atoms with van der Waals surface area (Å²) in [5.74, 6) is 2.36. The maximum Gasteiger partial charge on any atom is 0.226 e. The number of likely N-dealkylation sites (tertiary alicyclic amines) is 1. The highest BCUT2D eigenvalue weighted by atomic mass is 32.2. The molecule has 2 aliphatic rings. The lowest BCUT2D eigenvalue weighted by atomic mass is 9.86. The summed E-state index contributed by atoms with van der Waals surface area (Å²) >= 11 is 1.69. The molecule has 0 spiro atoms. The van der Waals surface area contributed by atoms with E-state index in [1.807, 2.05) is 7.05 Å². The van der Waals surface area contributed by atoms with Crippen LogP contribution in [0.4, 0.5) is 0 Å². The van der Waals surface area contributed by atoms with Gasteiger partial charge in [-0.2, -0.15) is 0 Å². The van der Waals surface area contributed by atoms with Gasteiger partial charge in [0, 0.05) is 26.6 Å². The Bertz CT molecular complexity index is 569. The Morgan fingerprint density at radius 3 is 2.67 bits per heavy atom. The molecular weight excluding hydrogens is 324 g/mol. The van der Waals surface area contributed by atoms with Crippen molar-refractivity contribution in [1.29, 1.82) is 0 Å². The van der Waals surface area contributed by atoms with Gasteiger partial charge in [0.2, 0.25) is 5.91 Å². The lowest BCUT2D eigenvalue weighted by molar-refractivity contribution is -0.138. The van der Waals surface area contributed by atoms with Crippen LogP contribution in [-0.2, 0) is 16.6 Å². The molecule has 1 atom stereocenters. The van der Waals surface area contributed by atoms with Crippen molar-refractivity contribution in [2.75, 3.05) is 19.4 Å². The van der Waals surface area contributed by atoms with Crippen molar-refractivity contribution in [2.45, 2.75) is 62.8 Å². The number of nitrogens with zero attached hydrogens (tertiary/aromatic N) is 4. The summed E-state index contributed by atoms with van der Waals surface area (Å²) in [6.45, 7) is 2.96. The minimum atomic E-state index is 0.0846. The number of rotatable bonds is 5. The van der Waals surface area contributed by atoms with Crippen LogP contribution in [0.15, 0.2) is 5.16 Å². The minimum Gasteiger partial charge on any atom is -0.381 e. The van der Waals surface area contributed by atoms with Gasteiger partial charge in [0.15, 0.2) is 11.0 Å². The van der Waals surface area contributed by atoms with Gasteiger partial charge in [0.25, 0.3) is 0 Å². The Balaban J connectivity index is 1.70. The van der Waals surface area contributed by atoms with Gasteiger partial charge in [-0.3, -0.25) is 4.79 Å². The van der Waals surface area contributed by atoms with Crippen molar-refractivity contribution in [3.8, 4) is 0 Å². The average Bonchev–Trinajstić information content (AvgIpc) is 3.22. The largest absolute Gasteiger partial charge is 0.381 e. The van der Waals surface area contributed by atoms with Crippen LogP contribution in [0, 0.1) is 5.92 Å². The standard InChI is InChI=1S/C17H28N4O2S/c1-4-24-17-19-18-15(20(17)2)14-6-5-11-21(14)16(22)12-7-9-13(23-3)10-8-12/h12-14H,4-11H2,1-3H3/t12?,13?,14-/m1/s1. The molecule has 7 heteroatoms. The predicted molar refractivity (Wildman–Crippen MR) is 93.8 cm³/mol. The van der Waals surface area contributed by atoms with E-state index in [9.17, 15) is 4.79 Å². The molecule has 3 rings (SSSR count). The van der Waals surface area contributed by atoms with Gasteiger partial charge >= 0.3 is 0 Å². The van der Waals surface area contributed by atoms with Crippen LogP contribution in [0.5, 0.6) is 0 Å². The summed E-state index contributed by atoms with van der Waals surface area (Å²) in [6, 6.07) is 0.0846. The third-order valence-electron chi connectivity index (χ3n) is 5.33. The van der Waals surface area contributed by atoms with Gasteiger partial charge in [-0.1, -0.05) is 18.7 Å². The third-order valence-corrected chi connectivity index (χ3v) is 6.24. The average molecular weight is 353 g/mol. The van der Waals surface area contributed by atoms with Gasteiger partial charge in [-0.05, 0) is 44.3 Å². The van der Waals surface area contributed by atoms with Crippen molar-refractivity contribution in [1.82, 2.24) is 19.7 Å². The highest BCUT2D eigenvalue weighted by molar-refractivity contribution is 7.99. The van der Waals surface area contributed by atoms with Crippen LogP contribution in [0.25, 0.3) is 0 Å². The van der Waals surface area contributed by atoms with Crippen molar-refractivity contribution in [2.24, 2.45) is 13.0 Å². The van der Waals surface area contributed by atoms with E-state index in [-0.39, 0.29) is 12.0 Å². The first kappa shape index (κ1) is 17.7. The minimum absolute atomic E-state index is 0.0846. The van der Waals surface area contributed by atoms with Crippen LogP contribution in [-0.4, -0.2) is 51.1 Å². The molecule has 1 saturated carbocycles. The molecule has 0 N–H and O–H groups in total. The fourth-order valence-electron chi connectivity index (χ4n) is 3.95. The number of hydrogen-bond acceptors (Lipinski definition) is 5. The fourth-order valence-corrected chi connectivity index (χ4v) is 4.59. The molecule has 2 fully saturated rings. The molecule has 0 unspecified atom stereocenters. The molecule has 0 bridgehead atoms. The Kier molecular flexibility index (Phi) is 5.81. The molecule has 1 aromatic rings. The highest BCUT2D eigenvalue weighted by Crippen LogP contribution is 2.36. The topological polar surface area (TPSA) is 60.3 Å². The fraction of sp³-hybridized carbons (Fsp3) is 0.824. The molecule has 2 heterocycles. The number of methoxy groups -OCH3 is 1. The number of carbonyl (C=O) groups is 1. The smallest absolute Gasteiger partial charge is 0.226 e. The summed E-state index contributed by atoms with van der Waals surface area (Å²) in [5.41, 5.74) is 0. The summed E-state index contributed by atoms with van der Waals surface area (Å²) in [6.07, 6.45) is 6.23. The van der Waals surface area contributed by atoms with Crippen LogP contribution in [0.1, 0.15) is 57.3 Å². The van der Waals surface area contributed by atoms with Crippen LogP contribution in [0.2, 0.25) is 0 Å². The summed E-state index contributed by atoms with van der Waals surface area (Å²) in [5, 5.41) is 9.63. The van der Waals surface area contributed by atoms with Crippen molar-refractivity contribution in [3.63, 3.8) is 0 Å². The summed E-state index contributed by atoms with van der Waals surface area (Å²) in [7, 11) is 3.78. The molecule has 1 saturated heterocycles. The first-order valence-corrected chi connectivity index (χ1v) is 9.99. The highest BCUT2D eigenvalue weighted by Gasteiger charge is 2.37. The van der Waals surface area contributed by atoms with Gasteiger partial charge in [0.1, 0.15) is 0 Å². The number of hydrogen-bond donors (Lipinski definition) is 0. The Morgan fingerprint density at radius 1 is 1.25 bits per heavy atom. The van der Waals surface area contributed by atoms with Gasteiger partial charge < -0.3 is 14.2 Å². The molecule has 1 aliphatic heterocycles. The first-order chi connectivity index (χ1) is 11.7. The molecule has 134 valence electrons. The van der Waals surface area contributed by atoms with E-state index in [0.29, 0.717) is 12.0 Å². The maximum atomic E-state index is 13.0. The van der Waals surface area contributed by atoms with E-state index >= 15 is 0 Å². The maximum absolute atomic E-state index is 13.0. The Labute approximate surface area is 148 Å². The van der Waals surface area contributed by atoms with Gasteiger partial charge in [-0.25, -0.2) is 0 Å². The predicted octanol–water partition coefficient (Wildman–Crippen LogP) is 2.80. The number of thioether (sulfide) groups is 1. The zero-order chi connectivity index (χ0) is 17.1. The zero-order valence-electron chi connectivity index (χ0n) is 14.9. The van der Waals surface area contributed by atoms with E-state index in [1.165, 1.54) is 0 Å². The van der Waals surface area contributed by atoms with Crippen LogP contribution in [0.3, 0.4) is 0 Å². The molecular formula is C17H28N4O2S. The molecule has 1 aromatic heterocycles. The second-order valence-corrected chi connectivity index (χ2v) is 7.96. The number of ether oxygens (including phenoxy) is 1. The van der Waals surface area contributed by atoms with Crippen molar-refractivity contribution in [3.05, 3.63) is 5.82 Å². The molecule has 6 nitrogen and oxygen atoms in total. The lowest BCUT2D eigenvalue weighted by Crippen LogP contribution is -2.38. The zero-order valence-corrected chi connectivity index (χ0v) is 15.7. The van der Waals surface area contributed by atoms with E-state index in [2.05, 4.69) is 26.6 Å². The third kappa shape index (κ3) is 3.47. The Morgan fingerprint density at radius 2 is 2.00 bits per heavy atom. The van der Waals surface area contributed by atoms with Crippen molar-refractivity contribution < 1.29 is 9.53 Å². The molecule has 0 aromatic carbocycles. The SMILES string of the molecule is CCSc1nnc([C@H]2CCCN2C(=O)C2CCC(OC)CC2)n1C. The van der Waals surface area contributed by atoms with E-state index in [1.54, 1.807) is 18.9 Å². The normalized spacial score (nSPS) is 27.6. The lowest BCUT2D eigenvalue weighted by Gasteiger charge is -2.32.